The molecule has 0 atom stereocenters. The predicted molar refractivity (Wildman–Crippen MR) is 63.3 cm³/mol. The van der Waals surface area contributed by atoms with E-state index in [1.54, 1.807) is 0 Å². The van der Waals surface area contributed by atoms with Crippen molar-refractivity contribution in [1.29, 1.82) is 0 Å². The van der Waals surface area contributed by atoms with Gasteiger partial charge >= 0.3 is 5.97 Å². The molecule has 0 aliphatic carbocycles. The monoisotopic (exact) mass is 261 g/mol. The van der Waals surface area contributed by atoms with Crippen molar-refractivity contribution in [2.75, 3.05) is 5.32 Å². The smallest absolute Gasteiger partial charge is 0.339 e. The maximum Gasteiger partial charge on any atom is 0.339 e. The van der Waals surface area contributed by atoms with Crippen molar-refractivity contribution in [2.45, 2.75) is 0 Å². The second-order valence-electron chi connectivity index (χ2n) is 3.53. The van der Waals surface area contributed by atoms with Crippen LogP contribution in [0.2, 0.25) is 0 Å². The van der Waals surface area contributed by atoms with Crippen LogP contribution in [-0.4, -0.2) is 27.0 Å². The molecule has 2 aromatic heterocycles. The molecule has 2 aromatic rings. The Hall–Kier alpha value is -2.83. The van der Waals surface area contributed by atoms with Gasteiger partial charge in [0.15, 0.2) is 0 Å². The lowest BCUT2D eigenvalue weighted by atomic mass is 10.2. The Morgan fingerprint density at radius 1 is 1.21 bits per heavy atom. The van der Waals surface area contributed by atoms with Crippen LogP contribution in [0.4, 0.5) is 10.2 Å². The molecule has 96 valence electrons. The van der Waals surface area contributed by atoms with Gasteiger partial charge in [-0.2, -0.15) is 4.39 Å². The van der Waals surface area contributed by atoms with E-state index in [0.29, 0.717) is 0 Å². The molecule has 0 spiro atoms. The molecular weight excluding hydrogens is 253 g/mol. The Bertz CT molecular complexity index is 628. The number of rotatable bonds is 3. The summed E-state index contributed by atoms with van der Waals surface area (Å²) >= 11 is 0. The molecule has 0 aliphatic rings. The molecule has 0 bridgehead atoms. The van der Waals surface area contributed by atoms with Crippen LogP contribution >= 0.6 is 0 Å². The van der Waals surface area contributed by atoms with Crippen LogP contribution in [0.25, 0.3) is 0 Å². The molecule has 7 heteroatoms. The summed E-state index contributed by atoms with van der Waals surface area (Å²) in [6.07, 6.45) is 2.40. The van der Waals surface area contributed by atoms with Crippen LogP contribution in [0, 0.1) is 5.95 Å². The number of aromatic nitrogens is 2. The molecule has 0 aliphatic heterocycles. The van der Waals surface area contributed by atoms with Gasteiger partial charge in [0.05, 0.1) is 5.56 Å². The van der Waals surface area contributed by atoms with E-state index in [1.807, 2.05) is 0 Å². The third-order valence-corrected chi connectivity index (χ3v) is 2.26. The van der Waals surface area contributed by atoms with Crippen LogP contribution in [0.5, 0.6) is 0 Å². The van der Waals surface area contributed by atoms with Gasteiger partial charge in [0.2, 0.25) is 5.95 Å². The van der Waals surface area contributed by atoms with Crippen molar-refractivity contribution in [3.63, 3.8) is 0 Å². The number of nitrogens with zero attached hydrogens (tertiary/aromatic N) is 2. The lowest BCUT2D eigenvalue weighted by Crippen LogP contribution is -2.16. The zero-order valence-electron chi connectivity index (χ0n) is 9.50. The molecule has 19 heavy (non-hydrogen) atoms. The van der Waals surface area contributed by atoms with Gasteiger partial charge in [-0.3, -0.25) is 4.79 Å². The first kappa shape index (κ1) is 12.6. The summed E-state index contributed by atoms with van der Waals surface area (Å²) in [6.45, 7) is 0. The van der Waals surface area contributed by atoms with Crippen LogP contribution in [0.15, 0.2) is 36.7 Å². The highest BCUT2D eigenvalue weighted by atomic mass is 19.1. The Morgan fingerprint density at radius 3 is 2.63 bits per heavy atom. The van der Waals surface area contributed by atoms with E-state index in [-0.39, 0.29) is 16.9 Å². The zero-order chi connectivity index (χ0) is 13.8. The van der Waals surface area contributed by atoms with E-state index in [9.17, 15) is 14.0 Å². The maximum atomic E-state index is 12.6. The Labute approximate surface area is 106 Å². The fraction of sp³-hybridized carbons (Fsp3) is 0. The van der Waals surface area contributed by atoms with Crippen LogP contribution in [0.3, 0.4) is 0 Å². The molecule has 2 heterocycles. The summed E-state index contributed by atoms with van der Waals surface area (Å²) in [4.78, 5) is 29.8. The standard InChI is InChI=1S/C12H8FN3O3/c13-9-4-3-7(6-15-9)11(17)16-10-8(12(18)19)2-1-5-14-10/h1-6H,(H,18,19)(H,14,16,17). The maximum absolute atomic E-state index is 12.6. The first-order valence-electron chi connectivity index (χ1n) is 5.19. The number of hydrogen-bond acceptors (Lipinski definition) is 4. The first-order valence-corrected chi connectivity index (χ1v) is 5.19. The van der Waals surface area contributed by atoms with Crippen molar-refractivity contribution < 1.29 is 19.1 Å². The van der Waals surface area contributed by atoms with E-state index in [4.69, 9.17) is 5.11 Å². The number of carbonyl (C=O) groups excluding carboxylic acids is 1. The van der Waals surface area contributed by atoms with Gasteiger partial charge in [-0.05, 0) is 24.3 Å². The normalized spacial score (nSPS) is 9.95. The SMILES string of the molecule is O=C(Nc1ncccc1C(=O)O)c1ccc(F)nc1. The molecule has 0 unspecified atom stereocenters. The van der Waals surface area contributed by atoms with E-state index in [1.165, 1.54) is 24.4 Å². The minimum absolute atomic E-state index is 0.0793. The van der Waals surface area contributed by atoms with Crippen molar-refractivity contribution in [1.82, 2.24) is 9.97 Å². The number of amides is 1. The first-order chi connectivity index (χ1) is 9.08. The third kappa shape index (κ3) is 2.89. The van der Waals surface area contributed by atoms with E-state index >= 15 is 0 Å². The van der Waals surface area contributed by atoms with Gasteiger partial charge in [0.1, 0.15) is 11.4 Å². The molecule has 2 N–H and O–H groups in total. The zero-order valence-corrected chi connectivity index (χ0v) is 9.50. The van der Waals surface area contributed by atoms with Gasteiger partial charge in [-0.1, -0.05) is 0 Å². The molecule has 0 aromatic carbocycles. The minimum Gasteiger partial charge on any atom is -0.478 e. The summed E-state index contributed by atoms with van der Waals surface area (Å²) in [5, 5.41) is 11.3. The van der Waals surface area contributed by atoms with E-state index < -0.39 is 17.8 Å². The summed E-state index contributed by atoms with van der Waals surface area (Å²) < 4.78 is 12.6. The summed E-state index contributed by atoms with van der Waals surface area (Å²) in [7, 11) is 0. The number of carboxylic acids is 1. The highest BCUT2D eigenvalue weighted by molar-refractivity contribution is 6.06. The Balaban J connectivity index is 2.24. The predicted octanol–water partition coefficient (Wildman–Crippen LogP) is 1.57. The van der Waals surface area contributed by atoms with Crippen molar-refractivity contribution >= 4 is 17.7 Å². The van der Waals surface area contributed by atoms with Gasteiger partial charge in [-0.15, -0.1) is 0 Å². The molecule has 0 saturated carbocycles. The van der Waals surface area contributed by atoms with Crippen molar-refractivity contribution in [2.24, 2.45) is 0 Å². The molecule has 0 radical (unpaired) electrons. The molecule has 0 fully saturated rings. The number of pyridine rings is 2. The third-order valence-electron chi connectivity index (χ3n) is 2.26. The van der Waals surface area contributed by atoms with Crippen molar-refractivity contribution in [3.05, 3.63) is 53.7 Å². The Kier molecular flexibility index (Phi) is 3.46. The second kappa shape index (κ2) is 5.21. The van der Waals surface area contributed by atoms with Crippen molar-refractivity contribution in [3.8, 4) is 0 Å². The Morgan fingerprint density at radius 2 is 2.00 bits per heavy atom. The minimum atomic E-state index is -1.21. The fourth-order valence-electron chi connectivity index (χ4n) is 1.37. The van der Waals surface area contributed by atoms with Gasteiger partial charge < -0.3 is 10.4 Å². The highest BCUT2D eigenvalue weighted by Gasteiger charge is 2.14. The quantitative estimate of drug-likeness (QED) is 0.818. The molecule has 6 nitrogen and oxygen atoms in total. The second-order valence-corrected chi connectivity index (χ2v) is 3.53. The number of nitrogens with one attached hydrogen (secondary N) is 1. The average Bonchev–Trinajstić information content (AvgIpc) is 2.39. The lowest BCUT2D eigenvalue weighted by molar-refractivity contribution is 0.0697. The molecule has 2 rings (SSSR count). The van der Waals surface area contributed by atoms with E-state index in [2.05, 4.69) is 15.3 Å². The summed E-state index contributed by atoms with van der Waals surface area (Å²) in [6, 6.07) is 5.03. The number of carbonyl (C=O) groups is 2. The van der Waals surface area contributed by atoms with Gasteiger partial charge in [-0.25, -0.2) is 14.8 Å². The number of carboxylic acid groups (broad SMARTS) is 1. The van der Waals surface area contributed by atoms with E-state index in [0.717, 1.165) is 12.3 Å². The van der Waals surface area contributed by atoms with Crippen LogP contribution in [-0.2, 0) is 0 Å². The molecule has 0 saturated heterocycles. The number of hydrogen-bond donors (Lipinski definition) is 2. The highest BCUT2D eigenvalue weighted by Crippen LogP contribution is 2.12. The van der Waals surface area contributed by atoms with Crippen LogP contribution in [0.1, 0.15) is 20.7 Å². The van der Waals surface area contributed by atoms with Gasteiger partial charge in [0.25, 0.3) is 5.91 Å². The summed E-state index contributed by atoms with van der Waals surface area (Å²) in [5.41, 5.74) is -0.0330. The average molecular weight is 261 g/mol. The number of anilines is 1. The number of halogens is 1. The lowest BCUT2D eigenvalue weighted by Gasteiger charge is -2.06. The summed E-state index contributed by atoms with van der Waals surface area (Å²) in [5.74, 6) is -2.61. The fourth-order valence-corrected chi connectivity index (χ4v) is 1.37. The molecule has 1 amide bonds. The molecular formula is C12H8FN3O3. The topological polar surface area (TPSA) is 92.2 Å². The largest absolute Gasteiger partial charge is 0.478 e. The van der Waals surface area contributed by atoms with Crippen LogP contribution < -0.4 is 5.32 Å². The number of aromatic carboxylic acids is 1. The van der Waals surface area contributed by atoms with Gasteiger partial charge in [0, 0.05) is 12.4 Å².